The summed E-state index contributed by atoms with van der Waals surface area (Å²) in [6.45, 7) is 1.60. The lowest BCUT2D eigenvalue weighted by atomic mass is 10.2. The van der Waals surface area contributed by atoms with Crippen LogP contribution in [0.3, 0.4) is 0 Å². The number of para-hydroxylation sites is 1. The maximum atomic E-state index is 11.2. The quantitative estimate of drug-likeness (QED) is 0.754. The molecule has 0 bridgehead atoms. The molecule has 1 amide bonds. The van der Waals surface area contributed by atoms with Gasteiger partial charge in [-0.25, -0.2) is 9.97 Å². The van der Waals surface area contributed by atoms with E-state index < -0.39 is 11.2 Å². The molecule has 1 atom stereocenters. The fraction of sp³-hybridized carbons (Fsp3) is 0.312. The number of rotatable bonds is 7. The van der Waals surface area contributed by atoms with Crippen LogP contribution in [0.15, 0.2) is 42.7 Å². The highest BCUT2D eigenvalue weighted by Gasteiger charge is 2.16. The molecule has 1 aromatic heterocycles. The Kier molecular flexibility index (Phi) is 5.95. The van der Waals surface area contributed by atoms with E-state index in [4.69, 9.17) is 5.73 Å². The maximum Gasteiger partial charge on any atom is 0.234 e. The van der Waals surface area contributed by atoms with Crippen molar-refractivity contribution in [1.29, 1.82) is 0 Å². The van der Waals surface area contributed by atoms with Gasteiger partial charge in [0.15, 0.2) is 0 Å². The van der Waals surface area contributed by atoms with E-state index in [1.165, 1.54) is 0 Å². The molecule has 2 N–H and O–H groups in total. The van der Waals surface area contributed by atoms with Crippen LogP contribution in [-0.2, 0) is 4.79 Å². The minimum atomic E-state index is -0.698. The van der Waals surface area contributed by atoms with Crippen molar-refractivity contribution in [3.8, 4) is 0 Å². The van der Waals surface area contributed by atoms with E-state index >= 15 is 0 Å². The second kappa shape index (κ2) is 7.94. The van der Waals surface area contributed by atoms with E-state index in [-0.39, 0.29) is 0 Å². The van der Waals surface area contributed by atoms with Gasteiger partial charge in [0.05, 0.1) is 0 Å². The van der Waals surface area contributed by atoms with Crippen molar-refractivity contribution >= 4 is 30.2 Å². The minimum absolute atomic E-state index is 0.516. The molecule has 0 aliphatic carbocycles. The van der Waals surface area contributed by atoms with Gasteiger partial charge in [0.25, 0.3) is 0 Å². The number of nitrogens with two attached hydrogens (primary N) is 1. The molecule has 0 spiro atoms. The molecule has 0 aliphatic heterocycles. The van der Waals surface area contributed by atoms with Gasteiger partial charge in [0.2, 0.25) is 11.9 Å². The Morgan fingerprint density at radius 3 is 2.30 bits per heavy atom. The Hall–Kier alpha value is -2.12. The molecule has 0 aliphatic rings. The second-order valence-corrected chi connectivity index (χ2v) is 5.93. The smallest absolute Gasteiger partial charge is 0.234 e. The third-order valence-electron chi connectivity index (χ3n) is 3.32. The Morgan fingerprint density at radius 2 is 1.78 bits per heavy atom. The fourth-order valence-electron chi connectivity index (χ4n) is 2.03. The summed E-state index contributed by atoms with van der Waals surface area (Å²) in [7, 11) is 4.04. The normalized spacial score (nSPS) is 12.2. The van der Waals surface area contributed by atoms with Gasteiger partial charge >= 0.3 is 0 Å². The molecule has 6 nitrogen and oxygen atoms in total. The predicted molar refractivity (Wildman–Crippen MR) is 95.0 cm³/mol. The first kappa shape index (κ1) is 17.2. The molecular formula is C16H21N5OS. The van der Waals surface area contributed by atoms with Crippen LogP contribution in [0.2, 0.25) is 0 Å². The molecule has 0 saturated carbocycles. The van der Waals surface area contributed by atoms with Gasteiger partial charge in [-0.15, -0.1) is 0 Å². The SMILES string of the molecule is CN(C)CCN(c1ccccc1)c1ncc(C(S)C(N)=O)cn1. The number of carbonyl (C=O) groups excluding carboxylic acids is 1. The maximum absolute atomic E-state index is 11.2. The number of likely N-dealkylation sites (N-methyl/N-ethyl adjacent to an activating group) is 1. The molecule has 0 fully saturated rings. The average molecular weight is 331 g/mol. The van der Waals surface area contributed by atoms with Crippen LogP contribution in [0.1, 0.15) is 10.8 Å². The standard InChI is InChI=1S/C16H21N5OS/c1-20(2)8-9-21(13-6-4-3-5-7-13)16-18-10-12(11-19-16)14(23)15(17)22/h3-7,10-11,14,23H,8-9H2,1-2H3,(H2,17,22). The highest BCUT2D eigenvalue weighted by Crippen LogP contribution is 2.23. The number of aromatic nitrogens is 2. The van der Waals surface area contributed by atoms with Gasteiger partial charge in [0.1, 0.15) is 5.25 Å². The summed E-state index contributed by atoms with van der Waals surface area (Å²) in [5, 5.41) is -0.698. The average Bonchev–Trinajstić information content (AvgIpc) is 2.55. The Bertz CT molecular complexity index is 633. The largest absolute Gasteiger partial charge is 0.368 e. The van der Waals surface area contributed by atoms with Crippen molar-refractivity contribution in [2.45, 2.75) is 5.25 Å². The number of anilines is 2. The van der Waals surface area contributed by atoms with Gasteiger partial charge < -0.3 is 15.5 Å². The summed E-state index contributed by atoms with van der Waals surface area (Å²) in [4.78, 5) is 24.1. The van der Waals surface area contributed by atoms with Crippen LogP contribution < -0.4 is 10.6 Å². The first-order valence-corrected chi connectivity index (χ1v) is 7.77. The lowest BCUT2D eigenvalue weighted by Crippen LogP contribution is -2.29. The zero-order valence-corrected chi connectivity index (χ0v) is 14.1. The van der Waals surface area contributed by atoms with Crippen LogP contribution in [0.4, 0.5) is 11.6 Å². The lowest BCUT2D eigenvalue weighted by Gasteiger charge is -2.24. The lowest BCUT2D eigenvalue weighted by molar-refractivity contribution is -0.117. The third-order valence-corrected chi connectivity index (χ3v) is 3.88. The predicted octanol–water partition coefficient (Wildman–Crippen LogP) is 1.63. The molecule has 2 rings (SSSR count). The molecule has 1 heterocycles. The van der Waals surface area contributed by atoms with Gasteiger partial charge in [-0.1, -0.05) is 18.2 Å². The minimum Gasteiger partial charge on any atom is -0.368 e. The van der Waals surface area contributed by atoms with Crippen LogP contribution in [-0.4, -0.2) is 48.0 Å². The monoisotopic (exact) mass is 331 g/mol. The number of hydrogen-bond acceptors (Lipinski definition) is 6. The number of nitrogens with zero attached hydrogens (tertiary/aromatic N) is 4. The number of carbonyl (C=O) groups is 1. The van der Waals surface area contributed by atoms with Gasteiger partial charge in [-0.05, 0) is 26.2 Å². The molecule has 122 valence electrons. The summed E-state index contributed by atoms with van der Waals surface area (Å²) < 4.78 is 0. The summed E-state index contributed by atoms with van der Waals surface area (Å²) >= 11 is 4.16. The van der Waals surface area contributed by atoms with Crippen molar-refractivity contribution in [3.05, 3.63) is 48.3 Å². The molecule has 0 radical (unpaired) electrons. The van der Waals surface area contributed by atoms with Crippen LogP contribution in [0.5, 0.6) is 0 Å². The van der Waals surface area contributed by atoms with E-state index in [1.807, 2.05) is 49.3 Å². The summed E-state index contributed by atoms with van der Waals surface area (Å²) in [6.07, 6.45) is 3.19. The first-order chi connectivity index (χ1) is 11.0. The topological polar surface area (TPSA) is 75.3 Å². The first-order valence-electron chi connectivity index (χ1n) is 7.25. The molecular weight excluding hydrogens is 310 g/mol. The van der Waals surface area contributed by atoms with E-state index in [9.17, 15) is 4.79 Å². The molecule has 0 saturated heterocycles. The Labute approximate surface area is 141 Å². The van der Waals surface area contributed by atoms with Gasteiger partial charge in [-0.3, -0.25) is 4.79 Å². The van der Waals surface area contributed by atoms with Crippen molar-refractivity contribution in [3.63, 3.8) is 0 Å². The number of benzene rings is 1. The number of amides is 1. The highest BCUT2D eigenvalue weighted by atomic mass is 32.1. The van der Waals surface area contributed by atoms with Crippen molar-refractivity contribution in [2.24, 2.45) is 5.73 Å². The Morgan fingerprint density at radius 1 is 1.17 bits per heavy atom. The number of hydrogen-bond donors (Lipinski definition) is 2. The van der Waals surface area contributed by atoms with Crippen LogP contribution in [0, 0.1) is 0 Å². The molecule has 1 aromatic carbocycles. The van der Waals surface area contributed by atoms with Crippen molar-refractivity contribution < 1.29 is 4.79 Å². The van der Waals surface area contributed by atoms with Crippen molar-refractivity contribution in [1.82, 2.24) is 14.9 Å². The fourth-order valence-corrected chi connectivity index (χ4v) is 2.16. The molecule has 1 unspecified atom stereocenters. The zero-order valence-electron chi connectivity index (χ0n) is 13.3. The number of primary amides is 1. The molecule has 23 heavy (non-hydrogen) atoms. The van der Waals surface area contributed by atoms with E-state index in [1.54, 1.807) is 12.4 Å². The van der Waals surface area contributed by atoms with E-state index in [0.29, 0.717) is 11.5 Å². The van der Waals surface area contributed by atoms with Gasteiger partial charge in [0, 0.05) is 36.7 Å². The van der Waals surface area contributed by atoms with Crippen LogP contribution in [0.25, 0.3) is 0 Å². The highest BCUT2D eigenvalue weighted by molar-refractivity contribution is 7.81. The van der Waals surface area contributed by atoms with Crippen molar-refractivity contribution in [2.75, 3.05) is 32.1 Å². The molecule has 7 heteroatoms. The van der Waals surface area contributed by atoms with Crippen LogP contribution >= 0.6 is 12.6 Å². The van der Waals surface area contributed by atoms with E-state index in [0.717, 1.165) is 18.8 Å². The molecule has 2 aromatic rings. The zero-order chi connectivity index (χ0) is 16.8. The Balaban J connectivity index is 2.26. The summed E-state index contributed by atoms with van der Waals surface area (Å²) in [5.74, 6) is 0.0593. The van der Waals surface area contributed by atoms with E-state index in [2.05, 4.69) is 27.5 Å². The number of thiol groups is 1. The summed E-state index contributed by atoms with van der Waals surface area (Å²) in [5.41, 5.74) is 6.85. The summed E-state index contributed by atoms with van der Waals surface area (Å²) in [6, 6.07) is 9.94. The second-order valence-electron chi connectivity index (χ2n) is 5.41. The van der Waals surface area contributed by atoms with Gasteiger partial charge in [-0.2, -0.15) is 12.6 Å². The third kappa shape index (κ3) is 4.67.